The Morgan fingerprint density at radius 1 is 1.10 bits per heavy atom. The highest BCUT2D eigenvalue weighted by molar-refractivity contribution is 14.0. The molecule has 1 unspecified atom stereocenters. The minimum Gasteiger partial charge on any atom is -0.496 e. The lowest BCUT2D eigenvalue weighted by Gasteiger charge is -2.39. The van der Waals surface area contributed by atoms with Crippen LogP contribution in [-0.4, -0.2) is 92.6 Å². The summed E-state index contributed by atoms with van der Waals surface area (Å²) in [7, 11) is 3.54. The van der Waals surface area contributed by atoms with Crippen LogP contribution in [0.4, 0.5) is 0 Å². The number of amides is 1. The number of carbonyl (C=O) groups is 1. The second-order valence-electron chi connectivity index (χ2n) is 7.77. The predicted molar refractivity (Wildman–Crippen MR) is 132 cm³/mol. The number of nitrogens with one attached hydrogen (secondary N) is 1. The standard InChI is InChI=1S/C22H35N5O2.HI/c1-18(21(28)26-12-6-7-13-26)25-14-16-27(17-15-25)22(23-2)24-11-10-19-8-4-5-9-20(19)29-3;/h4-5,8-9,18H,6-7,10-17H2,1-3H3,(H,23,24);1H. The van der Waals surface area contributed by atoms with Crippen molar-refractivity contribution in [2.45, 2.75) is 32.2 Å². The topological polar surface area (TPSA) is 60.4 Å². The largest absolute Gasteiger partial charge is 0.496 e. The van der Waals surface area contributed by atoms with E-state index in [0.29, 0.717) is 0 Å². The van der Waals surface area contributed by atoms with Gasteiger partial charge in [0.1, 0.15) is 5.75 Å². The number of halogens is 1. The molecular weight excluding hydrogens is 493 g/mol. The molecule has 1 N–H and O–H groups in total. The van der Waals surface area contributed by atoms with Gasteiger partial charge in [-0.3, -0.25) is 14.7 Å². The third kappa shape index (κ3) is 6.23. The molecule has 2 saturated heterocycles. The zero-order valence-corrected chi connectivity index (χ0v) is 20.8. The van der Waals surface area contributed by atoms with Crippen LogP contribution in [0.5, 0.6) is 5.75 Å². The van der Waals surface area contributed by atoms with Crippen LogP contribution in [-0.2, 0) is 11.2 Å². The molecule has 0 radical (unpaired) electrons. The molecule has 0 aliphatic carbocycles. The van der Waals surface area contributed by atoms with Crippen molar-refractivity contribution in [2.24, 2.45) is 4.99 Å². The van der Waals surface area contributed by atoms with Crippen LogP contribution in [0.1, 0.15) is 25.3 Å². The van der Waals surface area contributed by atoms with Crippen molar-refractivity contribution in [2.75, 3.05) is 60.0 Å². The summed E-state index contributed by atoms with van der Waals surface area (Å²) in [5, 5.41) is 3.48. The van der Waals surface area contributed by atoms with Gasteiger partial charge in [0.25, 0.3) is 0 Å². The van der Waals surface area contributed by atoms with Gasteiger partial charge >= 0.3 is 0 Å². The molecule has 2 heterocycles. The van der Waals surface area contributed by atoms with E-state index in [9.17, 15) is 4.79 Å². The van der Waals surface area contributed by atoms with Gasteiger partial charge in [-0.2, -0.15) is 0 Å². The molecule has 2 aliphatic rings. The number of likely N-dealkylation sites (tertiary alicyclic amines) is 1. The molecule has 1 aromatic rings. The number of nitrogens with zero attached hydrogens (tertiary/aromatic N) is 4. The Kier molecular flexibility index (Phi) is 10.2. The van der Waals surface area contributed by atoms with Crippen LogP contribution >= 0.6 is 24.0 Å². The van der Waals surface area contributed by atoms with Crippen LogP contribution in [0.2, 0.25) is 0 Å². The molecule has 3 rings (SSSR count). The normalized spacial score (nSPS) is 18.7. The zero-order valence-electron chi connectivity index (χ0n) is 18.5. The summed E-state index contributed by atoms with van der Waals surface area (Å²) in [5.74, 6) is 2.14. The van der Waals surface area contributed by atoms with Crippen LogP contribution < -0.4 is 10.1 Å². The summed E-state index contributed by atoms with van der Waals surface area (Å²) in [6, 6.07) is 8.09. The van der Waals surface area contributed by atoms with Crippen molar-refractivity contribution in [3.8, 4) is 5.75 Å². The van der Waals surface area contributed by atoms with E-state index < -0.39 is 0 Å². The van der Waals surface area contributed by atoms with Crippen LogP contribution in [0.15, 0.2) is 29.3 Å². The van der Waals surface area contributed by atoms with Crippen LogP contribution in [0.3, 0.4) is 0 Å². The van der Waals surface area contributed by atoms with Crippen molar-refractivity contribution in [1.29, 1.82) is 0 Å². The van der Waals surface area contributed by atoms with E-state index in [1.165, 1.54) is 5.56 Å². The minimum absolute atomic E-state index is 0. The van der Waals surface area contributed by atoms with Crippen molar-refractivity contribution >= 4 is 35.8 Å². The maximum absolute atomic E-state index is 12.7. The SMILES string of the molecule is CN=C(NCCc1ccccc1OC)N1CCN(C(C)C(=O)N2CCCC2)CC1.I. The first-order chi connectivity index (χ1) is 14.1. The molecule has 0 aromatic heterocycles. The summed E-state index contributed by atoms with van der Waals surface area (Å²) in [5.41, 5.74) is 1.19. The number of para-hydroxylation sites is 1. The number of guanidine groups is 1. The monoisotopic (exact) mass is 529 g/mol. The van der Waals surface area contributed by atoms with Crippen molar-refractivity contribution in [3.63, 3.8) is 0 Å². The van der Waals surface area contributed by atoms with E-state index in [1.54, 1.807) is 7.11 Å². The lowest BCUT2D eigenvalue weighted by Crippen LogP contribution is -2.57. The Bertz CT molecular complexity index is 701. The van der Waals surface area contributed by atoms with E-state index in [0.717, 1.165) is 76.8 Å². The molecule has 168 valence electrons. The third-order valence-corrected chi connectivity index (χ3v) is 6.02. The van der Waals surface area contributed by atoms with Gasteiger partial charge in [0, 0.05) is 52.9 Å². The molecule has 8 heteroatoms. The van der Waals surface area contributed by atoms with Gasteiger partial charge in [-0.25, -0.2) is 0 Å². The molecule has 0 spiro atoms. The lowest BCUT2D eigenvalue weighted by atomic mass is 10.1. The lowest BCUT2D eigenvalue weighted by molar-refractivity contribution is -0.135. The van der Waals surface area contributed by atoms with E-state index in [-0.39, 0.29) is 35.9 Å². The molecule has 2 aliphatic heterocycles. The van der Waals surface area contributed by atoms with Crippen molar-refractivity contribution < 1.29 is 9.53 Å². The maximum Gasteiger partial charge on any atom is 0.239 e. The smallest absolute Gasteiger partial charge is 0.239 e. The average Bonchev–Trinajstić information content (AvgIpc) is 3.31. The number of ether oxygens (including phenoxy) is 1. The van der Waals surface area contributed by atoms with Gasteiger partial charge in [-0.15, -0.1) is 24.0 Å². The fraction of sp³-hybridized carbons (Fsp3) is 0.636. The number of rotatable bonds is 6. The molecule has 0 bridgehead atoms. The van der Waals surface area contributed by atoms with E-state index in [2.05, 4.69) is 33.1 Å². The van der Waals surface area contributed by atoms with Crippen molar-refractivity contribution in [1.82, 2.24) is 20.0 Å². The van der Waals surface area contributed by atoms with Crippen molar-refractivity contribution in [3.05, 3.63) is 29.8 Å². The molecule has 0 saturated carbocycles. The first kappa shape index (κ1) is 24.7. The Morgan fingerprint density at radius 2 is 1.77 bits per heavy atom. The van der Waals surface area contributed by atoms with Crippen LogP contribution in [0, 0.1) is 0 Å². The van der Waals surface area contributed by atoms with Gasteiger partial charge < -0.3 is 19.9 Å². The predicted octanol–water partition coefficient (Wildman–Crippen LogP) is 2.06. The number of piperazine rings is 1. The highest BCUT2D eigenvalue weighted by Gasteiger charge is 2.30. The van der Waals surface area contributed by atoms with E-state index in [4.69, 9.17) is 4.74 Å². The fourth-order valence-corrected chi connectivity index (χ4v) is 4.23. The number of methoxy groups -OCH3 is 1. The summed E-state index contributed by atoms with van der Waals surface area (Å²) < 4.78 is 5.43. The number of carbonyl (C=O) groups excluding carboxylic acids is 1. The Balaban J connectivity index is 0.00000320. The highest BCUT2D eigenvalue weighted by atomic mass is 127. The summed E-state index contributed by atoms with van der Waals surface area (Å²) in [6.45, 7) is 8.23. The second kappa shape index (κ2) is 12.3. The number of hydrogen-bond acceptors (Lipinski definition) is 4. The Hall–Kier alpha value is -1.55. The second-order valence-corrected chi connectivity index (χ2v) is 7.77. The summed E-state index contributed by atoms with van der Waals surface area (Å²) >= 11 is 0. The van der Waals surface area contributed by atoms with Gasteiger partial charge in [0.2, 0.25) is 5.91 Å². The number of aliphatic imine (C=N–C) groups is 1. The maximum atomic E-state index is 12.7. The van der Waals surface area contributed by atoms with Gasteiger partial charge in [-0.05, 0) is 37.8 Å². The molecule has 1 amide bonds. The summed E-state index contributed by atoms with van der Waals surface area (Å²) in [6.07, 6.45) is 3.16. The van der Waals surface area contributed by atoms with E-state index in [1.807, 2.05) is 30.1 Å². The van der Waals surface area contributed by atoms with Crippen LogP contribution in [0.25, 0.3) is 0 Å². The molecule has 1 atom stereocenters. The molecular formula is C22H36IN5O2. The number of hydrogen-bond donors (Lipinski definition) is 1. The fourth-order valence-electron chi connectivity index (χ4n) is 4.23. The third-order valence-electron chi connectivity index (χ3n) is 6.02. The molecule has 1 aromatic carbocycles. The zero-order chi connectivity index (χ0) is 20.6. The quantitative estimate of drug-likeness (QED) is 0.348. The van der Waals surface area contributed by atoms with Gasteiger partial charge in [0.05, 0.1) is 13.2 Å². The highest BCUT2D eigenvalue weighted by Crippen LogP contribution is 2.17. The minimum atomic E-state index is -0.0317. The summed E-state index contributed by atoms with van der Waals surface area (Å²) in [4.78, 5) is 23.7. The first-order valence-electron chi connectivity index (χ1n) is 10.7. The number of benzene rings is 1. The Labute approximate surface area is 197 Å². The molecule has 7 nitrogen and oxygen atoms in total. The Morgan fingerprint density at radius 3 is 2.40 bits per heavy atom. The van der Waals surface area contributed by atoms with Gasteiger partial charge in [0.15, 0.2) is 5.96 Å². The molecule has 30 heavy (non-hydrogen) atoms. The molecule has 2 fully saturated rings. The first-order valence-corrected chi connectivity index (χ1v) is 10.7. The van der Waals surface area contributed by atoms with E-state index >= 15 is 0 Å². The van der Waals surface area contributed by atoms with Gasteiger partial charge in [-0.1, -0.05) is 18.2 Å². The average molecular weight is 529 g/mol.